The van der Waals surface area contributed by atoms with Crippen LogP contribution >= 0.6 is 11.3 Å². The van der Waals surface area contributed by atoms with Gasteiger partial charge in [-0.05, 0) is 90.3 Å². The van der Waals surface area contributed by atoms with Gasteiger partial charge in [0.25, 0.3) is 0 Å². The average molecular weight is 457 g/mol. The molecule has 0 radical (unpaired) electrons. The standard InChI is InChI=1S/C30H34NOS/c1-6-30(7-2)12-8-20(9-13-30)22-16-21-10-14-31(5)27-25-19(4)29-23(11-15-33-29)18(3)28(25)32-24(17-22)26(21)27/h10-11,14-17,20H,6-9,12-13H2,1-5H3/q+1. The van der Waals surface area contributed by atoms with Gasteiger partial charge in [-0.25, -0.2) is 4.57 Å². The topological polar surface area (TPSA) is 13.1 Å². The van der Waals surface area contributed by atoms with Gasteiger partial charge >= 0.3 is 0 Å². The minimum absolute atomic E-state index is 0.568. The Balaban J connectivity index is 1.52. The molecule has 2 aromatic carbocycles. The number of aromatic nitrogens is 1. The second kappa shape index (κ2) is 7.56. The summed E-state index contributed by atoms with van der Waals surface area (Å²) in [5.41, 5.74) is 7.19. The predicted octanol–water partition coefficient (Wildman–Crippen LogP) is 8.73. The van der Waals surface area contributed by atoms with Gasteiger partial charge in [-0.1, -0.05) is 32.8 Å². The first-order valence-corrected chi connectivity index (χ1v) is 13.5. The van der Waals surface area contributed by atoms with Gasteiger partial charge in [0.05, 0.1) is 10.9 Å². The van der Waals surface area contributed by atoms with E-state index in [0.29, 0.717) is 11.3 Å². The number of hydrogen-bond acceptors (Lipinski definition) is 2. The molecule has 4 aromatic rings. The molecule has 170 valence electrons. The lowest BCUT2D eigenvalue weighted by Gasteiger charge is -2.39. The number of benzene rings is 2. The summed E-state index contributed by atoms with van der Waals surface area (Å²) >= 11 is 1.84. The van der Waals surface area contributed by atoms with Crippen LogP contribution in [0.4, 0.5) is 0 Å². The van der Waals surface area contributed by atoms with E-state index in [4.69, 9.17) is 4.74 Å². The summed E-state index contributed by atoms with van der Waals surface area (Å²) in [6, 6.07) is 9.35. The van der Waals surface area contributed by atoms with E-state index in [1.807, 2.05) is 11.3 Å². The first-order chi connectivity index (χ1) is 16.0. The summed E-state index contributed by atoms with van der Waals surface area (Å²) in [6.07, 6.45) is 10.2. The largest absolute Gasteiger partial charge is 0.455 e. The van der Waals surface area contributed by atoms with Crippen LogP contribution < -0.4 is 9.30 Å². The first kappa shape index (κ1) is 21.2. The summed E-state index contributed by atoms with van der Waals surface area (Å²) < 4.78 is 10.5. The number of hydrogen-bond donors (Lipinski definition) is 0. The average Bonchev–Trinajstić information content (AvgIpc) is 3.34. The van der Waals surface area contributed by atoms with Crippen LogP contribution in [0, 0.1) is 19.3 Å². The molecule has 1 aliphatic heterocycles. The number of pyridine rings is 1. The molecule has 0 atom stereocenters. The molecule has 0 unspecified atom stereocenters. The number of thiophene rings is 1. The van der Waals surface area contributed by atoms with Crippen molar-refractivity contribution in [2.75, 3.05) is 0 Å². The normalized spacial score (nSPS) is 17.4. The maximum Gasteiger partial charge on any atom is 0.228 e. The van der Waals surface area contributed by atoms with Crippen LogP contribution in [0.5, 0.6) is 11.5 Å². The van der Waals surface area contributed by atoms with Crippen LogP contribution in [-0.2, 0) is 7.05 Å². The molecule has 6 rings (SSSR count). The fourth-order valence-corrected chi connectivity index (χ4v) is 7.60. The lowest BCUT2D eigenvalue weighted by molar-refractivity contribution is -0.659. The summed E-state index contributed by atoms with van der Waals surface area (Å²) in [4.78, 5) is 0. The van der Waals surface area contributed by atoms with Crippen LogP contribution in [0.15, 0.2) is 35.8 Å². The van der Waals surface area contributed by atoms with E-state index in [2.05, 4.69) is 75.2 Å². The molecule has 33 heavy (non-hydrogen) atoms. The molecule has 1 fully saturated rings. The summed E-state index contributed by atoms with van der Waals surface area (Å²) in [5.74, 6) is 2.73. The Labute approximate surface area is 201 Å². The molecule has 2 aliphatic rings. The summed E-state index contributed by atoms with van der Waals surface area (Å²) in [7, 11) is 2.17. The second-order valence-corrected chi connectivity index (χ2v) is 11.4. The molecular formula is C30H34NOS+. The summed E-state index contributed by atoms with van der Waals surface area (Å²) in [5, 5.41) is 6.11. The maximum absolute atomic E-state index is 6.80. The van der Waals surface area contributed by atoms with Crippen LogP contribution in [0.3, 0.4) is 0 Å². The van der Waals surface area contributed by atoms with E-state index >= 15 is 0 Å². The van der Waals surface area contributed by atoms with Gasteiger partial charge in [0, 0.05) is 16.3 Å². The first-order valence-electron chi connectivity index (χ1n) is 12.6. The third-order valence-electron chi connectivity index (χ3n) is 9.04. The lowest BCUT2D eigenvalue weighted by atomic mass is 9.66. The van der Waals surface area contributed by atoms with Crippen molar-refractivity contribution >= 4 is 32.2 Å². The van der Waals surface area contributed by atoms with E-state index in [9.17, 15) is 0 Å². The van der Waals surface area contributed by atoms with Crippen molar-refractivity contribution in [1.82, 2.24) is 0 Å². The molecule has 0 spiro atoms. The van der Waals surface area contributed by atoms with Crippen LogP contribution in [0.25, 0.3) is 32.1 Å². The van der Waals surface area contributed by atoms with Gasteiger partial charge < -0.3 is 4.74 Å². The number of nitrogens with zero attached hydrogens (tertiary/aromatic N) is 1. The lowest BCUT2D eigenvalue weighted by Crippen LogP contribution is -2.32. The Bertz CT molecular complexity index is 1400. The van der Waals surface area contributed by atoms with Gasteiger partial charge in [-0.15, -0.1) is 11.3 Å². The fourth-order valence-electron chi connectivity index (χ4n) is 6.64. The molecule has 2 nitrogen and oxygen atoms in total. The zero-order valence-corrected chi connectivity index (χ0v) is 21.4. The van der Waals surface area contributed by atoms with E-state index in [1.165, 1.54) is 87.3 Å². The van der Waals surface area contributed by atoms with Crippen molar-refractivity contribution in [3.05, 3.63) is 52.5 Å². The third kappa shape index (κ3) is 3.01. The molecule has 3 heterocycles. The van der Waals surface area contributed by atoms with Gasteiger partial charge in [0.2, 0.25) is 5.69 Å². The number of aryl methyl sites for hydroxylation is 3. The Morgan fingerprint density at radius 2 is 1.82 bits per heavy atom. The minimum Gasteiger partial charge on any atom is -0.455 e. The van der Waals surface area contributed by atoms with E-state index in [0.717, 1.165) is 11.5 Å². The van der Waals surface area contributed by atoms with E-state index in [-0.39, 0.29) is 0 Å². The highest BCUT2D eigenvalue weighted by atomic mass is 32.1. The molecule has 1 saturated carbocycles. The third-order valence-corrected chi connectivity index (χ3v) is 10.1. The molecular weight excluding hydrogens is 422 g/mol. The zero-order chi connectivity index (χ0) is 22.9. The van der Waals surface area contributed by atoms with Crippen molar-refractivity contribution in [3.63, 3.8) is 0 Å². The van der Waals surface area contributed by atoms with Crippen LogP contribution in [-0.4, -0.2) is 0 Å². The molecule has 0 N–H and O–H groups in total. The van der Waals surface area contributed by atoms with Gasteiger partial charge in [0.15, 0.2) is 6.20 Å². The van der Waals surface area contributed by atoms with Crippen molar-refractivity contribution in [2.45, 2.75) is 72.1 Å². The highest BCUT2D eigenvalue weighted by molar-refractivity contribution is 7.17. The molecule has 0 bridgehead atoms. The quantitative estimate of drug-likeness (QED) is 0.247. The Hall–Kier alpha value is -2.39. The van der Waals surface area contributed by atoms with Crippen molar-refractivity contribution in [1.29, 1.82) is 0 Å². The van der Waals surface area contributed by atoms with Crippen LogP contribution in [0.1, 0.15) is 75.0 Å². The zero-order valence-electron chi connectivity index (χ0n) is 20.5. The highest BCUT2D eigenvalue weighted by Crippen LogP contribution is 2.53. The number of rotatable bonds is 3. The second-order valence-electron chi connectivity index (χ2n) is 10.5. The molecule has 0 saturated heterocycles. The minimum atomic E-state index is 0.568. The molecule has 3 heteroatoms. The number of ether oxygens (including phenoxy) is 1. The maximum atomic E-state index is 6.80. The predicted molar refractivity (Wildman–Crippen MR) is 140 cm³/mol. The van der Waals surface area contributed by atoms with Crippen molar-refractivity contribution in [2.24, 2.45) is 12.5 Å². The monoisotopic (exact) mass is 456 g/mol. The van der Waals surface area contributed by atoms with Gasteiger partial charge in [0.1, 0.15) is 18.5 Å². The Morgan fingerprint density at radius 1 is 1.06 bits per heavy atom. The van der Waals surface area contributed by atoms with Gasteiger partial charge in [-0.2, -0.15) is 0 Å². The molecule has 2 aromatic heterocycles. The van der Waals surface area contributed by atoms with Crippen molar-refractivity contribution < 1.29 is 9.30 Å². The Kier molecular flexibility index (Phi) is 4.85. The molecule has 0 amide bonds. The van der Waals surface area contributed by atoms with Gasteiger partial charge in [-0.3, -0.25) is 0 Å². The number of fused-ring (bicyclic) bond motifs is 3. The Morgan fingerprint density at radius 3 is 2.55 bits per heavy atom. The summed E-state index contributed by atoms with van der Waals surface area (Å²) in [6.45, 7) is 9.24. The van der Waals surface area contributed by atoms with E-state index in [1.54, 1.807) is 0 Å². The fraction of sp³-hybridized carbons (Fsp3) is 0.433. The smallest absolute Gasteiger partial charge is 0.228 e. The molecule has 1 aliphatic carbocycles. The van der Waals surface area contributed by atoms with E-state index < -0.39 is 0 Å². The SMILES string of the molecule is CCC1(CC)CCC(c2cc3c4c([n+](C)ccc4c2)-c2c(c(C)c4ccsc4c2C)O3)CC1. The highest BCUT2D eigenvalue weighted by Gasteiger charge is 2.35. The van der Waals surface area contributed by atoms with Crippen molar-refractivity contribution in [3.8, 4) is 22.8 Å². The van der Waals surface area contributed by atoms with Crippen LogP contribution in [0.2, 0.25) is 0 Å².